The summed E-state index contributed by atoms with van der Waals surface area (Å²) in [5.41, 5.74) is 3.97. The number of amides is 1. The molecule has 1 aliphatic heterocycles. The largest absolute Gasteiger partial charge is 0.465 e. The fraction of sp³-hybridized carbons (Fsp3) is 0.433. The van der Waals surface area contributed by atoms with Crippen molar-refractivity contribution < 1.29 is 23.6 Å². The van der Waals surface area contributed by atoms with E-state index in [2.05, 4.69) is 14.8 Å². The van der Waals surface area contributed by atoms with Crippen LogP contribution in [-0.4, -0.2) is 48.1 Å². The molecule has 2 saturated carbocycles. The minimum atomic E-state index is -0.352. The number of benzene rings is 2. The second kappa shape index (κ2) is 12.3. The van der Waals surface area contributed by atoms with E-state index < -0.39 is 0 Å². The van der Waals surface area contributed by atoms with Gasteiger partial charge in [0, 0.05) is 46.8 Å². The zero-order valence-electron chi connectivity index (χ0n) is 22.6. The fourth-order valence-corrected chi connectivity index (χ4v) is 6.99. The predicted molar refractivity (Wildman–Crippen MR) is 159 cm³/mol. The quantitative estimate of drug-likeness (QED) is 0.189. The number of ether oxygens (including phenoxy) is 2. The van der Waals surface area contributed by atoms with Crippen molar-refractivity contribution in [2.45, 2.75) is 57.3 Å². The maximum Gasteiger partial charge on any atom is 0.317 e. The van der Waals surface area contributed by atoms with Gasteiger partial charge in [0.25, 0.3) is 5.91 Å². The highest BCUT2D eigenvalue weighted by Gasteiger charge is 2.45. The standard InChI is InChI=1S/C30H31Cl2N3O5S/c1-2-38-26(36)16-41-34-30(37)18-8-10-20(11-9-18)35-14-19-12-21(35)13-25(19)39-15-22-28(33-40-29(22)17-6-7-17)27-23(31)4-3-5-24(27)32/h3-5,8-11,17,19,21,25H,2,6-7,12-16H2,1H3,(H,34,37)/t19-,21-,25+/m0/s1. The van der Waals surface area contributed by atoms with Crippen LogP contribution in [0, 0.1) is 5.92 Å². The predicted octanol–water partition coefficient (Wildman–Crippen LogP) is 6.65. The van der Waals surface area contributed by atoms with Crippen LogP contribution >= 0.6 is 35.1 Å². The van der Waals surface area contributed by atoms with Gasteiger partial charge in [-0.2, -0.15) is 0 Å². The minimum Gasteiger partial charge on any atom is -0.465 e. The number of piperidine rings is 1. The molecular weight excluding hydrogens is 585 g/mol. The number of nitrogens with zero attached hydrogens (tertiary/aromatic N) is 2. The number of halogens is 2. The van der Waals surface area contributed by atoms with Crippen molar-refractivity contribution >= 4 is 52.7 Å². The Hall–Kier alpha value is -2.72. The third-order valence-electron chi connectivity index (χ3n) is 8.01. The smallest absolute Gasteiger partial charge is 0.317 e. The number of esters is 1. The summed E-state index contributed by atoms with van der Waals surface area (Å²) in [5, 5.41) is 5.47. The Morgan fingerprint density at radius 3 is 2.54 bits per heavy atom. The van der Waals surface area contributed by atoms with Crippen LogP contribution in [0.25, 0.3) is 11.3 Å². The Balaban J connectivity index is 1.06. The van der Waals surface area contributed by atoms with E-state index in [-0.39, 0.29) is 23.7 Å². The second-order valence-electron chi connectivity index (χ2n) is 10.7. The van der Waals surface area contributed by atoms with Crippen LogP contribution in [0.3, 0.4) is 0 Å². The molecule has 41 heavy (non-hydrogen) atoms. The van der Waals surface area contributed by atoms with Crippen molar-refractivity contribution in [2.75, 3.05) is 23.8 Å². The number of hydrogen-bond acceptors (Lipinski definition) is 8. The average molecular weight is 617 g/mol. The van der Waals surface area contributed by atoms with Gasteiger partial charge in [-0.05, 0) is 81.0 Å². The van der Waals surface area contributed by atoms with Crippen molar-refractivity contribution in [3.8, 4) is 11.3 Å². The molecule has 0 unspecified atom stereocenters. The van der Waals surface area contributed by atoms with Gasteiger partial charge in [0.1, 0.15) is 17.2 Å². The zero-order chi connectivity index (χ0) is 28.5. The van der Waals surface area contributed by atoms with E-state index in [1.807, 2.05) is 42.5 Å². The molecule has 2 aromatic carbocycles. The molecule has 3 atom stereocenters. The Bertz CT molecular complexity index is 1410. The normalized spacial score (nSPS) is 21.3. The first kappa shape index (κ1) is 28.4. The van der Waals surface area contributed by atoms with Crippen LogP contribution in [0.4, 0.5) is 5.69 Å². The number of nitrogens with one attached hydrogen (secondary N) is 1. The maximum absolute atomic E-state index is 12.4. The molecule has 3 aromatic rings. The van der Waals surface area contributed by atoms with E-state index in [9.17, 15) is 9.59 Å². The molecule has 8 nitrogen and oxygen atoms in total. The first-order valence-electron chi connectivity index (χ1n) is 13.9. The summed E-state index contributed by atoms with van der Waals surface area (Å²) in [6.07, 6.45) is 4.33. The molecule has 2 aliphatic carbocycles. The molecule has 216 valence electrons. The van der Waals surface area contributed by atoms with Crippen LogP contribution in [-0.2, 0) is 20.9 Å². The SMILES string of the molecule is CCOC(=O)CSNC(=O)c1ccc(N2C[C@@H]3C[C@H]2C[C@H]3OCc2c(-c3c(Cl)cccc3Cl)noc2C2CC2)cc1. The molecule has 2 bridgehead atoms. The fourth-order valence-electron chi connectivity index (χ4n) is 5.89. The van der Waals surface area contributed by atoms with E-state index in [0.717, 1.165) is 61.2 Å². The molecule has 2 heterocycles. The van der Waals surface area contributed by atoms with E-state index in [0.29, 0.717) is 58.0 Å². The van der Waals surface area contributed by atoms with Crippen LogP contribution in [0.5, 0.6) is 0 Å². The first-order chi connectivity index (χ1) is 19.9. The zero-order valence-corrected chi connectivity index (χ0v) is 24.9. The lowest BCUT2D eigenvalue weighted by Gasteiger charge is -2.33. The molecule has 1 aromatic heterocycles. The van der Waals surface area contributed by atoms with Gasteiger partial charge < -0.3 is 18.9 Å². The van der Waals surface area contributed by atoms with Crippen LogP contribution in [0.2, 0.25) is 10.0 Å². The summed E-state index contributed by atoms with van der Waals surface area (Å²) in [6.45, 7) is 3.39. The summed E-state index contributed by atoms with van der Waals surface area (Å²) in [7, 11) is 0. The van der Waals surface area contributed by atoms with Crippen molar-refractivity contribution in [3.05, 3.63) is 69.4 Å². The number of aromatic nitrogens is 1. The number of carbonyl (C=O) groups is 2. The van der Waals surface area contributed by atoms with Gasteiger partial charge in [0.05, 0.1) is 29.4 Å². The lowest BCUT2D eigenvalue weighted by Crippen LogP contribution is -2.38. The number of rotatable bonds is 11. The topological polar surface area (TPSA) is 93.9 Å². The highest BCUT2D eigenvalue weighted by Crippen LogP contribution is 2.47. The Kier molecular flexibility index (Phi) is 8.49. The number of anilines is 1. The molecule has 1 amide bonds. The van der Waals surface area contributed by atoms with E-state index in [4.69, 9.17) is 37.2 Å². The monoisotopic (exact) mass is 615 g/mol. The summed E-state index contributed by atoms with van der Waals surface area (Å²) in [4.78, 5) is 26.3. The van der Waals surface area contributed by atoms with Gasteiger partial charge in [0.15, 0.2) is 0 Å². The molecule has 3 fully saturated rings. The van der Waals surface area contributed by atoms with Gasteiger partial charge in [-0.15, -0.1) is 0 Å². The Morgan fingerprint density at radius 2 is 1.88 bits per heavy atom. The molecule has 6 rings (SSSR count). The average Bonchev–Trinajstić information content (AvgIpc) is 3.41. The molecule has 0 radical (unpaired) electrons. The second-order valence-corrected chi connectivity index (χ2v) is 12.3. The van der Waals surface area contributed by atoms with Crippen molar-refractivity contribution in [3.63, 3.8) is 0 Å². The highest BCUT2D eigenvalue weighted by molar-refractivity contribution is 7.98. The lowest BCUT2D eigenvalue weighted by molar-refractivity contribution is -0.139. The van der Waals surface area contributed by atoms with Gasteiger partial charge in [-0.3, -0.25) is 14.3 Å². The summed E-state index contributed by atoms with van der Waals surface area (Å²) in [5.74, 6) is 1.18. The third-order valence-corrected chi connectivity index (χ3v) is 9.35. The van der Waals surface area contributed by atoms with E-state index >= 15 is 0 Å². The van der Waals surface area contributed by atoms with Gasteiger partial charge in [0.2, 0.25) is 0 Å². The van der Waals surface area contributed by atoms with Crippen molar-refractivity contribution in [2.24, 2.45) is 5.92 Å². The number of hydrogen-bond donors (Lipinski definition) is 1. The number of carbonyl (C=O) groups excluding carboxylic acids is 2. The van der Waals surface area contributed by atoms with Crippen molar-refractivity contribution in [1.29, 1.82) is 0 Å². The first-order valence-corrected chi connectivity index (χ1v) is 15.7. The molecule has 0 spiro atoms. The van der Waals surface area contributed by atoms with E-state index in [1.54, 1.807) is 6.92 Å². The molecular formula is C30H31Cl2N3O5S. The Labute approximate surface area is 253 Å². The highest BCUT2D eigenvalue weighted by atomic mass is 35.5. The van der Waals surface area contributed by atoms with Gasteiger partial charge in [-0.1, -0.05) is 34.4 Å². The molecule has 1 saturated heterocycles. The number of fused-ring (bicyclic) bond motifs is 2. The molecule has 11 heteroatoms. The minimum absolute atomic E-state index is 0.0752. The van der Waals surface area contributed by atoms with Crippen LogP contribution in [0.1, 0.15) is 60.2 Å². The Morgan fingerprint density at radius 1 is 1.12 bits per heavy atom. The van der Waals surface area contributed by atoms with E-state index in [1.165, 1.54) is 0 Å². The lowest BCUT2D eigenvalue weighted by atomic mass is 10.0. The third kappa shape index (κ3) is 6.09. The van der Waals surface area contributed by atoms with Crippen molar-refractivity contribution in [1.82, 2.24) is 9.88 Å². The van der Waals surface area contributed by atoms with Gasteiger partial charge in [-0.25, -0.2) is 0 Å². The summed E-state index contributed by atoms with van der Waals surface area (Å²) in [6, 6.07) is 13.4. The van der Waals surface area contributed by atoms with Gasteiger partial charge >= 0.3 is 5.97 Å². The van der Waals surface area contributed by atoms with Crippen LogP contribution < -0.4 is 9.62 Å². The summed E-state index contributed by atoms with van der Waals surface area (Å²) >= 11 is 14.1. The maximum atomic E-state index is 12.4. The summed E-state index contributed by atoms with van der Waals surface area (Å²) < 4.78 is 19.9. The van der Waals surface area contributed by atoms with Crippen LogP contribution in [0.15, 0.2) is 47.0 Å². The molecule has 3 aliphatic rings. The molecule has 1 N–H and O–H groups in total.